The minimum Gasteiger partial charge on any atom is -0.507 e. The van der Waals surface area contributed by atoms with Gasteiger partial charge in [-0.2, -0.15) is 8.61 Å². The van der Waals surface area contributed by atoms with Gasteiger partial charge in [-0.3, -0.25) is 0 Å². The fourth-order valence-corrected chi connectivity index (χ4v) is 12.8. The summed E-state index contributed by atoms with van der Waals surface area (Å²) >= 11 is 0. The number of ether oxygens (including phenoxy) is 2. The molecular formula is C42H52N2O8S2. The van der Waals surface area contributed by atoms with Crippen LogP contribution in [0.4, 0.5) is 0 Å². The molecule has 2 fully saturated rings. The quantitative estimate of drug-likeness (QED) is 0.174. The standard InChI is InChI=1S/C42H52N2O8S2/c1-23(2)35-21-51-41(43(35)53(47,48)39-27(7)17-25(5)18-28(39)8)33-15-11-13-31(37(33)45)32-14-12-16-34(38(32)46)42-44(36(22-52-42)24(3)4)54(49,50)40-29(9)19-26(6)20-30(40)10/h11-20,23-24,35-36,41-42,45-46H,21-22H2,1-10H3/t35-,36-,41+,42+/m1/s1. The third-order valence-electron chi connectivity index (χ3n) is 10.7. The molecule has 4 aromatic rings. The molecule has 2 heterocycles. The van der Waals surface area contributed by atoms with E-state index in [4.69, 9.17) is 9.47 Å². The normalized spacial score (nSPS) is 21.5. The summed E-state index contributed by atoms with van der Waals surface area (Å²) in [5.74, 6) is -0.733. The van der Waals surface area contributed by atoms with Gasteiger partial charge in [0, 0.05) is 22.3 Å². The molecule has 2 N–H and O–H groups in total. The second kappa shape index (κ2) is 14.7. The Hall–Kier alpha value is -3.78. The Bertz CT molecular complexity index is 2110. The second-order valence-corrected chi connectivity index (χ2v) is 19.2. The Morgan fingerprint density at radius 1 is 0.574 bits per heavy atom. The van der Waals surface area contributed by atoms with Crippen molar-refractivity contribution in [2.75, 3.05) is 13.2 Å². The molecular weight excluding hydrogens is 725 g/mol. The zero-order valence-corrected chi connectivity index (χ0v) is 34.3. The molecule has 12 heteroatoms. The number of hydrogen-bond donors (Lipinski definition) is 2. The van der Waals surface area contributed by atoms with Gasteiger partial charge in [-0.1, -0.05) is 99.5 Å². The van der Waals surface area contributed by atoms with E-state index in [0.29, 0.717) is 22.3 Å². The summed E-state index contributed by atoms with van der Waals surface area (Å²) in [5.41, 5.74) is 5.29. The Morgan fingerprint density at radius 2 is 0.889 bits per heavy atom. The van der Waals surface area contributed by atoms with Crippen LogP contribution in [-0.4, -0.2) is 61.0 Å². The highest BCUT2D eigenvalue weighted by molar-refractivity contribution is 7.89. The maximum absolute atomic E-state index is 14.6. The predicted molar refractivity (Wildman–Crippen MR) is 209 cm³/mol. The van der Waals surface area contributed by atoms with Crippen LogP contribution in [0.3, 0.4) is 0 Å². The molecule has 6 rings (SSSR count). The highest BCUT2D eigenvalue weighted by Gasteiger charge is 2.49. The van der Waals surface area contributed by atoms with Crippen molar-refractivity contribution in [2.24, 2.45) is 11.8 Å². The first kappa shape index (κ1) is 39.9. The zero-order chi connectivity index (χ0) is 39.6. The molecule has 4 aromatic carbocycles. The fourth-order valence-electron chi connectivity index (χ4n) is 8.37. The van der Waals surface area contributed by atoms with Crippen molar-refractivity contribution in [3.8, 4) is 22.6 Å². The van der Waals surface area contributed by atoms with Gasteiger partial charge in [-0.15, -0.1) is 0 Å². The molecule has 4 atom stereocenters. The molecule has 0 spiro atoms. The molecule has 0 aromatic heterocycles. The highest BCUT2D eigenvalue weighted by atomic mass is 32.2. The lowest BCUT2D eigenvalue weighted by Crippen LogP contribution is -2.41. The van der Waals surface area contributed by atoms with Crippen molar-refractivity contribution >= 4 is 20.0 Å². The average Bonchev–Trinajstić information content (AvgIpc) is 3.71. The Labute approximate surface area is 320 Å². The number of benzene rings is 4. The summed E-state index contributed by atoms with van der Waals surface area (Å²) in [7, 11) is -8.25. The van der Waals surface area contributed by atoms with Crippen LogP contribution in [0.1, 0.15) is 84.7 Å². The number of phenols is 2. The number of phenolic OH excluding ortho intramolecular Hbond substituents is 2. The van der Waals surface area contributed by atoms with E-state index in [2.05, 4.69) is 0 Å². The first-order valence-electron chi connectivity index (χ1n) is 18.4. The topological polar surface area (TPSA) is 134 Å². The van der Waals surface area contributed by atoms with Crippen molar-refractivity contribution in [1.29, 1.82) is 0 Å². The minimum absolute atomic E-state index is 0.102. The van der Waals surface area contributed by atoms with Crippen LogP contribution in [-0.2, 0) is 29.5 Å². The van der Waals surface area contributed by atoms with E-state index in [1.807, 2.05) is 65.8 Å². The van der Waals surface area contributed by atoms with Gasteiger partial charge in [0.05, 0.1) is 35.1 Å². The van der Waals surface area contributed by atoms with Crippen molar-refractivity contribution in [3.63, 3.8) is 0 Å². The second-order valence-electron chi connectivity index (χ2n) is 15.6. The van der Waals surface area contributed by atoms with Gasteiger partial charge in [-0.25, -0.2) is 16.8 Å². The summed E-state index contributed by atoms with van der Waals surface area (Å²) in [6.07, 6.45) is -2.31. The molecule has 10 nitrogen and oxygen atoms in total. The lowest BCUT2D eigenvalue weighted by molar-refractivity contribution is 0.0654. The van der Waals surface area contributed by atoms with Crippen LogP contribution in [0.25, 0.3) is 11.1 Å². The number of aromatic hydroxyl groups is 2. The summed E-state index contributed by atoms with van der Waals surface area (Å²) < 4.78 is 73.6. The van der Waals surface area contributed by atoms with Gasteiger partial charge in [0.1, 0.15) is 11.5 Å². The van der Waals surface area contributed by atoms with E-state index in [1.165, 1.54) is 8.61 Å². The maximum atomic E-state index is 14.6. The summed E-state index contributed by atoms with van der Waals surface area (Å²) in [6.45, 7) is 19.0. The SMILES string of the molecule is Cc1cc(C)c(S(=O)(=O)N2[C@@H](C(C)C)CO[C@H]2c2cccc(-c3cccc([C@@H]4OC[C@H](C(C)C)N4S(=O)(=O)c4c(C)cc(C)cc4C)c3O)c2O)c(C)c1. The van der Waals surface area contributed by atoms with E-state index in [1.54, 1.807) is 64.1 Å². The Morgan fingerprint density at radius 3 is 1.19 bits per heavy atom. The number of sulfonamides is 2. The maximum Gasteiger partial charge on any atom is 0.246 e. The molecule has 2 saturated heterocycles. The molecule has 0 unspecified atom stereocenters. The Kier molecular flexibility index (Phi) is 10.9. The third-order valence-corrected chi connectivity index (χ3v) is 15.1. The predicted octanol–water partition coefficient (Wildman–Crippen LogP) is 8.10. The number of aryl methyl sites for hydroxylation is 6. The van der Waals surface area contributed by atoms with Crippen molar-refractivity contribution < 1.29 is 36.5 Å². The van der Waals surface area contributed by atoms with E-state index in [9.17, 15) is 27.0 Å². The molecule has 0 aliphatic carbocycles. The number of hydrogen-bond acceptors (Lipinski definition) is 8. The molecule has 0 radical (unpaired) electrons. The number of nitrogens with zero attached hydrogens (tertiary/aromatic N) is 2. The molecule has 2 aliphatic rings. The Balaban J connectivity index is 1.45. The molecule has 0 saturated carbocycles. The van der Waals surface area contributed by atoms with E-state index < -0.39 is 44.6 Å². The van der Waals surface area contributed by atoms with Gasteiger partial charge < -0.3 is 19.7 Å². The average molecular weight is 777 g/mol. The zero-order valence-electron chi connectivity index (χ0n) is 32.7. The first-order valence-corrected chi connectivity index (χ1v) is 21.3. The molecule has 54 heavy (non-hydrogen) atoms. The first-order chi connectivity index (χ1) is 25.3. The number of rotatable bonds is 9. The van der Waals surface area contributed by atoms with Crippen LogP contribution in [0.2, 0.25) is 0 Å². The van der Waals surface area contributed by atoms with Crippen molar-refractivity contribution in [2.45, 2.75) is 104 Å². The van der Waals surface area contributed by atoms with Crippen LogP contribution in [0, 0.1) is 53.4 Å². The lowest BCUT2D eigenvalue weighted by atomic mass is 9.97. The van der Waals surface area contributed by atoms with Gasteiger partial charge in [-0.05, 0) is 75.6 Å². The fraction of sp³-hybridized carbons (Fsp3) is 0.429. The molecule has 2 aliphatic heterocycles. The largest absolute Gasteiger partial charge is 0.507 e. The van der Waals surface area contributed by atoms with E-state index in [0.717, 1.165) is 11.1 Å². The monoisotopic (exact) mass is 776 g/mol. The van der Waals surface area contributed by atoms with Gasteiger partial charge >= 0.3 is 0 Å². The summed E-state index contributed by atoms with van der Waals surface area (Å²) in [4.78, 5) is 0.420. The van der Waals surface area contributed by atoms with Crippen LogP contribution >= 0.6 is 0 Å². The van der Waals surface area contributed by atoms with E-state index in [-0.39, 0.29) is 68.6 Å². The highest BCUT2D eigenvalue weighted by Crippen LogP contribution is 2.49. The number of para-hydroxylation sites is 2. The van der Waals surface area contributed by atoms with E-state index >= 15 is 0 Å². The third kappa shape index (κ3) is 6.75. The van der Waals surface area contributed by atoms with Crippen LogP contribution in [0.15, 0.2) is 70.5 Å². The van der Waals surface area contributed by atoms with Crippen molar-refractivity contribution in [3.05, 3.63) is 105 Å². The molecule has 0 amide bonds. The molecule has 0 bridgehead atoms. The minimum atomic E-state index is -4.12. The van der Waals surface area contributed by atoms with Crippen molar-refractivity contribution in [1.82, 2.24) is 8.61 Å². The summed E-state index contributed by atoms with van der Waals surface area (Å²) in [6, 6.07) is 16.2. The molecule has 290 valence electrons. The van der Waals surface area contributed by atoms with Gasteiger partial charge in [0.15, 0.2) is 12.5 Å². The summed E-state index contributed by atoms with van der Waals surface area (Å²) in [5, 5.41) is 24.0. The van der Waals surface area contributed by atoms with Gasteiger partial charge in [0.25, 0.3) is 0 Å². The van der Waals surface area contributed by atoms with Gasteiger partial charge in [0.2, 0.25) is 20.0 Å². The smallest absolute Gasteiger partial charge is 0.246 e. The van der Waals surface area contributed by atoms with Crippen LogP contribution < -0.4 is 0 Å². The lowest BCUT2D eigenvalue weighted by Gasteiger charge is -2.31. The van der Waals surface area contributed by atoms with Crippen LogP contribution in [0.5, 0.6) is 11.5 Å².